The Morgan fingerprint density at radius 1 is 1.07 bits per heavy atom. The smallest absolute Gasteiger partial charge is 0.269 e. The Bertz CT molecular complexity index is 1100. The monoisotopic (exact) mass is 361 g/mol. The third-order valence-electron chi connectivity index (χ3n) is 4.42. The largest absolute Gasteiger partial charge is 0.493 e. The third kappa shape index (κ3) is 3.37. The normalized spacial score (nSPS) is 10.9. The molecule has 0 radical (unpaired) electrons. The number of nitro benzene ring substituents is 1. The Kier molecular flexibility index (Phi) is 4.30. The summed E-state index contributed by atoms with van der Waals surface area (Å²) in [4.78, 5) is 10.3. The van der Waals surface area contributed by atoms with Crippen LogP contribution in [0.15, 0.2) is 77.5 Å². The van der Waals surface area contributed by atoms with Crippen LogP contribution in [0.3, 0.4) is 0 Å². The van der Waals surface area contributed by atoms with Crippen LogP contribution in [0.5, 0.6) is 5.75 Å². The van der Waals surface area contributed by atoms with Gasteiger partial charge in [-0.3, -0.25) is 10.1 Å². The van der Waals surface area contributed by atoms with Gasteiger partial charge in [0, 0.05) is 40.8 Å². The molecule has 6 nitrogen and oxygen atoms in total. The van der Waals surface area contributed by atoms with E-state index in [2.05, 4.69) is 0 Å². The van der Waals surface area contributed by atoms with Gasteiger partial charge in [0.25, 0.3) is 5.69 Å². The van der Waals surface area contributed by atoms with Gasteiger partial charge in [0.1, 0.15) is 5.76 Å². The molecule has 0 aliphatic rings. The average Bonchev–Trinajstić information content (AvgIpc) is 3.13. The van der Waals surface area contributed by atoms with Crippen molar-refractivity contribution in [2.45, 2.75) is 6.54 Å². The van der Waals surface area contributed by atoms with Crippen molar-refractivity contribution in [1.29, 1.82) is 0 Å². The minimum Gasteiger partial charge on any atom is -0.493 e. The molecule has 134 valence electrons. The van der Waals surface area contributed by atoms with Gasteiger partial charge in [0.05, 0.1) is 12.0 Å². The molecule has 2 heterocycles. The molecular formula is C21H17N2O4+. The van der Waals surface area contributed by atoms with Gasteiger partial charge < -0.3 is 9.15 Å². The molecule has 0 unspecified atom stereocenters. The van der Waals surface area contributed by atoms with Crippen molar-refractivity contribution in [3.63, 3.8) is 0 Å². The Morgan fingerprint density at radius 3 is 2.48 bits per heavy atom. The fourth-order valence-corrected chi connectivity index (χ4v) is 3.00. The zero-order chi connectivity index (χ0) is 18.8. The highest BCUT2D eigenvalue weighted by Gasteiger charge is 2.12. The lowest BCUT2D eigenvalue weighted by Crippen LogP contribution is -2.32. The van der Waals surface area contributed by atoms with Gasteiger partial charge in [0.2, 0.25) is 0 Å². The number of fused-ring (bicyclic) bond motifs is 1. The number of pyridine rings is 1. The zero-order valence-electron chi connectivity index (χ0n) is 14.7. The van der Waals surface area contributed by atoms with Crippen LogP contribution in [-0.2, 0) is 6.54 Å². The molecule has 0 spiro atoms. The molecule has 2 aromatic carbocycles. The summed E-state index contributed by atoms with van der Waals surface area (Å²) in [6.07, 6.45) is 3.92. The van der Waals surface area contributed by atoms with Crippen LogP contribution in [-0.4, -0.2) is 12.0 Å². The number of benzene rings is 2. The van der Waals surface area contributed by atoms with Gasteiger partial charge in [-0.2, -0.15) is 0 Å². The van der Waals surface area contributed by atoms with Crippen molar-refractivity contribution in [3.05, 3.63) is 88.7 Å². The van der Waals surface area contributed by atoms with E-state index in [1.54, 1.807) is 19.2 Å². The molecule has 0 amide bonds. The average molecular weight is 361 g/mol. The molecule has 6 heteroatoms. The van der Waals surface area contributed by atoms with Crippen molar-refractivity contribution in [2.24, 2.45) is 0 Å². The number of furan rings is 1. The zero-order valence-corrected chi connectivity index (χ0v) is 14.7. The van der Waals surface area contributed by atoms with E-state index in [1.165, 1.54) is 12.1 Å². The highest BCUT2D eigenvalue weighted by molar-refractivity contribution is 5.87. The molecule has 4 aromatic rings. The van der Waals surface area contributed by atoms with E-state index < -0.39 is 4.92 Å². The topological polar surface area (TPSA) is 69.4 Å². The molecule has 0 aliphatic heterocycles. The minimum atomic E-state index is -0.395. The number of nitrogens with zero attached hydrogens (tertiary/aromatic N) is 2. The molecule has 0 aliphatic carbocycles. The number of hydrogen-bond donors (Lipinski definition) is 0. The van der Waals surface area contributed by atoms with Gasteiger partial charge in [-0.05, 0) is 24.3 Å². The number of nitro groups is 1. The molecule has 4 rings (SSSR count). The summed E-state index contributed by atoms with van der Waals surface area (Å²) in [7, 11) is 1.63. The van der Waals surface area contributed by atoms with E-state index in [4.69, 9.17) is 9.15 Å². The second kappa shape index (κ2) is 6.92. The predicted octanol–water partition coefficient (Wildman–Crippen LogP) is 4.35. The van der Waals surface area contributed by atoms with Gasteiger partial charge in [0.15, 0.2) is 30.3 Å². The van der Waals surface area contributed by atoms with Crippen LogP contribution in [0, 0.1) is 10.1 Å². The van der Waals surface area contributed by atoms with Crippen LogP contribution in [0.4, 0.5) is 5.69 Å². The number of rotatable bonds is 5. The van der Waals surface area contributed by atoms with E-state index in [0.29, 0.717) is 12.3 Å². The van der Waals surface area contributed by atoms with Crippen LogP contribution in [0.2, 0.25) is 0 Å². The predicted molar refractivity (Wildman–Crippen MR) is 101 cm³/mol. The second-order valence-corrected chi connectivity index (χ2v) is 6.17. The standard InChI is InChI=1S/C21H17N2O4/c1-26-19-4-2-3-17-13-20(27-21(17)19)16-9-11-22(12-10-16)14-15-5-7-18(8-6-15)23(24)25/h2-13H,14H2,1H3/q+1. The van der Waals surface area contributed by atoms with Crippen molar-refractivity contribution >= 4 is 16.7 Å². The first-order valence-corrected chi connectivity index (χ1v) is 8.43. The molecule has 2 aromatic heterocycles. The Labute approximate surface area is 155 Å². The Balaban J connectivity index is 1.56. The van der Waals surface area contributed by atoms with E-state index in [0.717, 1.165) is 27.9 Å². The SMILES string of the molecule is COc1cccc2cc(-c3cc[n+](Cc4ccc([N+](=O)[O-])cc4)cc3)oc12. The summed E-state index contributed by atoms with van der Waals surface area (Å²) in [6, 6.07) is 18.3. The number of ether oxygens (including phenoxy) is 1. The lowest BCUT2D eigenvalue weighted by atomic mass is 10.1. The fourth-order valence-electron chi connectivity index (χ4n) is 3.00. The van der Waals surface area contributed by atoms with E-state index in [1.807, 2.05) is 53.4 Å². The second-order valence-electron chi connectivity index (χ2n) is 6.17. The molecule has 0 atom stereocenters. The van der Waals surface area contributed by atoms with Gasteiger partial charge in [-0.1, -0.05) is 12.1 Å². The maximum atomic E-state index is 10.7. The summed E-state index contributed by atoms with van der Waals surface area (Å²) in [5, 5.41) is 11.7. The molecule has 0 fully saturated rings. The fraction of sp³-hybridized carbons (Fsp3) is 0.0952. The summed E-state index contributed by atoms with van der Waals surface area (Å²) >= 11 is 0. The maximum Gasteiger partial charge on any atom is 0.269 e. The van der Waals surface area contributed by atoms with E-state index >= 15 is 0 Å². The van der Waals surface area contributed by atoms with Crippen LogP contribution in [0.1, 0.15) is 5.56 Å². The number of aromatic nitrogens is 1. The van der Waals surface area contributed by atoms with E-state index in [-0.39, 0.29) is 5.69 Å². The first-order chi connectivity index (χ1) is 13.1. The number of hydrogen-bond acceptors (Lipinski definition) is 4. The van der Waals surface area contributed by atoms with Crippen molar-refractivity contribution in [1.82, 2.24) is 0 Å². The number of non-ortho nitro benzene ring substituents is 1. The lowest BCUT2D eigenvalue weighted by Gasteiger charge is -2.00. The first kappa shape index (κ1) is 16.8. The van der Waals surface area contributed by atoms with Gasteiger partial charge >= 0.3 is 0 Å². The quantitative estimate of drug-likeness (QED) is 0.301. The molecular weight excluding hydrogens is 344 g/mol. The molecule has 0 saturated heterocycles. The van der Waals surface area contributed by atoms with Crippen molar-refractivity contribution in [3.8, 4) is 17.1 Å². The molecule has 27 heavy (non-hydrogen) atoms. The maximum absolute atomic E-state index is 10.7. The first-order valence-electron chi connectivity index (χ1n) is 8.43. The summed E-state index contributed by atoms with van der Waals surface area (Å²) in [6.45, 7) is 0.631. The van der Waals surface area contributed by atoms with Crippen LogP contribution in [0.25, 0.3) is 22.3 Å². The third-order valence-corrected chi connectivity index (χ3v) is 4.42. The summed E-state index contributed by atoms with van der Waals surface area (Å²) < 4.78 is 13.3. The van der Waals surface area contributed by atoms with Crippen molar-refractivity contribution in [2.75, 3.05) is 7.11 Å². The van der Waals surface area contributed by atoms with Gasteiger partial charge in [-0.25, -0.2) is 4.57 Å². The highest BCUT2D eigenvalue weighted by Crippen LogP contribution is 2.32. The summed E-state index contributed by atoms with van der Waals surface area (Å²) in [5.74, 6) is 1.49. The molecule has 0 bridgehead atoms. The molecule has 0 N–H and O–H groups in total. The van der Waals surface area contributed by atoms with Gasteiger partial charge in [-0.15, -0.1) is 0 Å². The number of methoxy groups -OCH3 is 1. The number of para-hydroxylation sites is 1. The Morgan fingerprint density at radius 2 is 1.81 bits per heavy atom. The van der Waals surface area contributed by atoms with E-state index in [9.17, 15) is 10.1 Å². The lowest BCUT2D eigenvalue weighted by molar-refractivity contribution is -0.688. The molecule has 0 saturated carbocycles. The van der Waals surface area contributed by atoms with Crippen LogP contribution >= 0.6 is 0 Å². The minimum absolute atomic E-state index is 0.0967. The highest BCUT2D eigenvalue weighted by atomic mass is 16.6. The van der Waals surface area contributed by atoms with Crippen molar-refractivity contribution < 1.29 is 18.6 Å². The summed E-state index contributed by atoms with van der Waals surface area (Å²) in [5.41, 5.74) is 2.79. The van der Waals surface area contributed by atoms with Crippen LogP contribution < -0.4 is 9.30 Å². The Hall–Kier alpha value is -3.67.